The van der Waals surface area contributed by atoms with E-state index in [0.717, 1.165) is 75.0 Å². The molecule has 11 heteroatoms. The van der Waals surface area contributed by atoms with Crippen LogP contribution in [-0.2, 0) is 31.1 Å². The number of aliphatic carboxylic acids is 1. The fourth-order valence-corrected chi connectivity index (χ4v) is 13.6. The van der Waals surface area contributed by atoms with Gasteiger partial charge in [0, 0.05) is 31.1 Å². The number of nitrogens with zero attached hydrogens (tertiary/aromatic N) is 4. The highest BCUT2D eigenvalue weighted by atomic mass is 35.5. The van der Waals surface area contributed by atoms with Crippen molar-refractivity contribution in [1.29, 1.82) is 0 Å². The van der Waals surface area contributed by atoms with Crippen LogP contribution in [0.15, 0.2) is 29.5 Å². The van der Waals surface area contributed by atoms with Gasteiger partial charge in [0.1, 0.15) is 17.6 Å². The second-order valence-corrected chi connectivity index (χ2v) is 20.9. The number of carbonyl (C=O) groups is 3. The Hall–Kier alpha value is -3.11. The van der Waals surface area contributed by atoms with Crippen molar-refractivity contribution in [3.63, 3.8) is 0 Å². The van der Waals surface area contributed by atoms with Crippen LogP contribution in [0.2, 0.25) is 5.02 Å². The number of likely N-dealkylation sites (N-methyl/N-ethyl adjacent to an activating group) is 1. The average molecular weight is 790 g/mol. The van der Waals surface area contributed by atoms with Crippen molar-refractivity contribution in [3.8, 4) is 11.5 Å². The molecule has 56 heavy (non-hydrogen) atoms. The Morgan fingerprint density at radius 3 is 2.38 bits per heavy atom. The molecular formula is C45H64ClN5O5. The zero-order valence-electron chi connectivity index (χ0n) is 35.4. The maximum Gasteiger partial charge on any atom is 0.309 e. The van der Waals surface area contributed by atoms with Crippen LogP contribution < -0.4 is 5.32 Å². The van der Waals surface area contributed by atoms with Gasteiger partial charge in [0.25, 0.3) is 0 Å². The molecule has 7 rings (SSSR count). The summed E-state index contributed by atoms with van der Waals surface area (Å²) in [6, 6.07) is 3.74. The molecule has 2 aromatic heterocycles. The highest BCUT2D eigenvalue weighted by molar-refractivity contribution is 6.30. The number of esters is 1. The van der Waals surface area contributed by atoms with Gasteiger partial charge in [-0.05, 0) is 135 Å². The third-order valence-electron chi connectivity index (χ3n) is 16.5. The molecule has 0 bridgehead atoms. The van der Waals surface area contributed by atoms with E-state index >= 15 is 0 Å². The van der Waals surface area contributed by atoms with E-state index in [-0.39, 0.29) is 51.8 Å². The van der Waals surface area contributed by atoms with E-state index in [2.05, 4.69) is 63.3 Å². The summed E-state index contributed by atoms with van der Waals surface area (Å²) in [5, 5.41) is 23.3. The first kappa shape index (κ1) is 41.1. The summed E-state index contributed by atoms with van der Waals surface area (Å²) in [5.41, 5.74) is 1.20. The van der Waals surface area contributed by atoms with E-state index in [1.165, 1.54) is 5.57 Å². The zero-order chi connectivity index (χ0) is 40.8. The topological polar surface area (TPSA) is 136 Å². The lowest BCUT2D eigenvalue weighted by Crippen LogP contribution is -2.66. The van der Waals surface area contributed by atoms with Crippen molar-refractivity contribution in [1.82, 2.24) is 25.1 Å². The van der Waals surface area contributed by atoms with E-state index in [9.17, 15) is 19.5 Å². The number of ether oxygens (including phenoxy) is 1. The second kappa shape index (κ2) is 14.0. The maximum absolute atomic E-state index is 14.4. The van der Waals surface area contributed by atoms with Gasteiger partial charge < -0.3 is 19.7 Å². The molecule has 5 aliphatic rings. The van der Waals surface area contributed by atoms with Gasteiger partial charge in [-0.25, -0.2) is 0 Å². The van der Waals surface area contributed by atoms with Gasteiger partial charge in [0.15, 0.2) is 11.6 Å². The number of ketones is 1. The summed E-state index contributed by atoms with van der Waals surface area (Å²) in [4.78, 5) is 44.1. The zero-order valence-corrected chi connectivity index (χ0v) is 36.1. The highest BCUT2D eigenvalue weighted by Crippen LogP contribution is 2.76. The summed E-state index contributed by atoms with van der Waals surface area (Å²) in [7, 11) is 1.95. The number of fused-ring (bicyclic) bond motifs is 7. The first-order valence-electron chi connectivity index (χ1n) is 21.1. The SMILES string of the molecule is CNCCn1c(-c2ccc(Cl)cn2)nnc1[C@@]12CC[C@]3(C)[C@H](CC[C@@H]4[C@@]5(C)CC[C@H](OC(=O)CC(C)(C)C(=O)O)C(C)(C)C5CC[C@]43C)C1=C(C(C)C)C(=O)C2. The van der Waals surface area contributed by atoms with Crippen LogP contribution in [0.4, 0.5) is 0 Å². The number of allylic oxidation sites excluding steroid dienone is 2. The van der Waals surface area contributed by atoms with Gasteiger partial charge in [-0.1, -0.05) is 60.1 Å². The highest BCUT2D eigenvalue weighted by Gasteiger charge is 2.71. The van der Waals surface area contributed by atoms with Gasteiger partial charge in [-0.3, -0.25) is 19.4 Å². The minimum Gasteiger partial charge on any atom is -0.481 e. The Bertz CT molecular complexity index is 1940. The van der Waals surface area contributed by atoms with E-state index in [0.29, 0.717) is 35.6 Å². The van der Waals surface area contributed by atoms with Crippen LogP contribution in [0.5, 0.6) is 0 Å². The predicted molar refractivity (Wildman–Crippen MR) is 217 cm³/mol. The number of carboxylic acids is 1. The standard InChI is InChI=1S/C45H64ClN5O5/c1-26(2)35-30(52)23-45(38-50-49-37(51(38)22-21-47-10)29-13-11-27(46)25-48-29)20-19-43(8)28(36(35)45)12-14-32-42(7)17-16-33(56-34(53)24-40(3,4)39(54)55)41(5,6)31(42)15-18-44(32,43)9/h11,13,25-26,28,31-33,47H,12,14-24H2,1-10H3,(H,54,55)/t28-,31?,32-,33+,42+,43-,44-,45-/m1/s1. The van der Waals surface area contributed by atoms with Gasteiger partial charge in [0.05, 0.1) is 22.3 Å². The Morgan fingerprint density at radius 1 is 1.00 bits per heavy atom. The minimum atomic E-state index is -1.17. The molecule has 0 aromatic carbocycles. The van der Waals surface area contributed by atoms with Crippen LogP contribution >= 0.6 is 11.6 Å². The van der Waals surface area contributed by atoms with Crippen LogP contribution in [0, 0.1) is 50.7 Å². The summed E-state index contributed by atoms with van der Waals surface area (Å²) in [6.07, 6.45) is 9.54. The molecule has 0 radical (unpaired) electrons. The quantitative estimate of drug-likeness (QED) is 0.226. The molecule has 8 atom stereocenters. The Labute approximate surface area is 338 Å². The molecule has 2 heterocycles. The summed E-state index contributed by atoms with van der Waals surface area (Å²) in [6.45, 7) is 21.1. The Morgan fingerprint density at radius 2 is 1.73 bits per heavy atom. The average Bonchev–Trinajstić information content (AvgIpc) is 3.68. The number of halogens is 1. The molecule has 4 fully saturated rings. The smallest absolute Gasteiger partial charge is 0.309 e. The van der Waals surface area contributed by atoms with Gasteiger partial charge in [-0.15, -0.1) is 10.2 Å². The second-order valence-electron chi connectivity index (χ2n) is 20.4. The number of hydrogen-bond donors (Lipinski definition) is 2. The molecule has 306 valence electrons. The summed E-state index contributed by atoms with van der Waals surface area (Å²) in [5.74, 6) is 1.64. The lowest BCUT2D eigenvalue weighted by Gasteiger charge is -2.72. The van der Waals surface area contributed by atoms with Crippen molar-refractivity contribution < 1.29 is 24.2 Å². The number of rotatable bonds is 10. The fraction of sp³-hybridized carbons (Fsp3) is 0.733. The molecule has 1 unspecified atom stereocenters. The predicted octanol–water partition coefficient (Wildman–Crippen LogP) is 8.86. The van der Waals surface area contributed by atoms with E-state index < -0.39 is 22.8 Å². The van der Waals surface area contributed by atoms with Crippen LogP contribution in [0.25, 0.3) is 11.5 Å². The van der Waals surface area contributed by atoms with Gasteiger partial charge >= 0.3 is 11.9 Å². The third-order valence-corrected chi connectivity index (χ3v) is 16.8. The van der Waals surface area contributed by atoms with Crippen LogP contribution in [0.3, 0.4) is 0 Å². The number of pyridine rings is 1. The molecule has 0 saturated heterocycles. The molecule has 2 aromatic rings. The molecular weight excluding hydrogens is 726 g/mol. The number of aromatic nitrogens is 4. The number of Topliss-reactive ketones (excluding diaryl/α,β-unsaturated/α-hetero) is 1. The Balaban J connectivity index is 1.24. The summed E-state index contributed by atoms with van der Waals surface area (Å²) < 4.78 is 8.42. The van der Waals surface area contributed by atoms with Crippen molar-refractivity contribution in [2.75, 3.05) is 13.6 Å². The molecule has 4 saturated carbocycles. The number of nitrogens with one attached hydrogen (secondary N) is 1. The number of carboxylic acid groups (broad SMARTS) is 1. The van der Waals surface area contributed by atoms with Crippen molar-refractivity contribution >= 4 is 29.3 Å². The van der Waals surface area contributed by atoms with Gasteiger partial charge in [-0.2, -0.15) is 0 Å². The third kappa shape index (κ3) is 6.03. The molecule has 0 amide bonds. The molecule has 0 spiro atoms. The number of hydrogen-bond acceptors (Lipinski definition) is 8. The Kier molecular flexibility index (Phi) is 10.3. The first-order chi connectivity index (χ1) is 26.2. The first-order valence-corrected chi connectivity index (χ1v) is 21.5. The fourth-order valence-electron chi connectivity index (χ4n) is 13.5. The van der Waals surface area contributed by atoms with Crippen LogP contribution in [-0.4, -0.2) is 62.3 Å². The monoisotopic (exact) mass is 789 g/mol. The van der Waals surface area contributed by atoms with E-state index in [4.69, 9.17) is 26.5 Å². The molecule has 0 aliphatic heterocycles. The maximum atomic E-state index is 14.4. The lowest BCUT2D eigenvalue weighted by molar-refractivity contribution is -0.232. The van der Waals surface area contributed by atoms with Crippen molar-refractivity contribution in [2.45, 2.75) is 145 Å². The minimum absolute atomic E-state index is 0.0280. The van der Waals surface area contributed by atoms with Gasteiger partial charge in [0.2, 0.25) is 0 Å². The van der Waals surface area contributed by atoms with Crippen molar-refractivity contribution in [2.24, 2.45) is 50.7 Å². The molecule has 2 N–H and O–H groups in total. The summed E-state index contributed by atoms with van der Waals surface area (Å²) >= 11 is 6.24. The normalized spacial score (nSPS) is 35.1. The lowest BCUT2D eigenvalue weighted by atomic mass is 9.33. The van der Waals surface area contributed by atoms with Crippen molar-refractivity contribution in [3.05, 3.63) is 40.3 Å². The number of carbonyl (C=O) groups excluding carboxylic acids is 2. The van der Waals surface area contributed by atoms with E-state index in [1.807, 2.05) is 19.2 Å². The van der Waals surface area contributed by atoms with E-state index in [1.54, 1.807) is 20.0 Å². The largest absolute Gasteiger partial charge is 0.481 e. The molecule has 10 nitrogen and oxygen atoms in total. The molecule has 5 aliphatic carbocycles. The van der Waals surface area contributed by atoms with Crippen LogP contribution in [0.1, 0.15) is 132 Å².